The fourth-order valence-electron chi connectivity index (χ4n) is 2.92. The number of aromatic amines is 1. The Labute approximate surface area is 203 Å². The van der Waals surface area contributed by atoms with E-state index in [1.54, 1.807) is 38.1 Å². The fraction of sp³-hybridized carbons (Fsp3) is 0.450. The number of nitrogens with zero attached hydrogens (tertiary/aromatic N) is 1. The van der Waals surface area contributed by atoms with Gasteiger partial charge in [-0.1, -0.05) is 15.9 Å². The molecule has 1 aromatic carbocycles. The molecule has 1 saturated heterocycles. The van der Waals surface area contributed by atoms with Gasteiger partial charge in [-0.25, -0.2) is 9.36 Å². The summed E-state index contributed by atoms with van der Waals surface area (Å²) in [5.74, 6) is -0.400. The first-order valence-corrected chi connectivity index (χ1v) is 12.7. The number of aryl methyl sites for hydroxylation is 1. The van der Waals surface area contributed by atoms with E-state index in [0.29, 0.717) is 5.56 Å². The molecule has 12 nitrogen and oxygen atoms in total. The summed E-state index contributed by atoms with van der Waals surface area (Å²) in [7, 11) is -4.10. The molecule has 4 atom stereocenters. The zero-order valence-electron chi connectivity index (χ0n) is 18.7. The zero-order chi connectivity index (χ0) is 24.9. The van der Waals surface area contributed by atoms with Crippen molar-refractivity contribution in [2.24, 2.45) is 0 Å². The summed E-state index contributed by atoms with van der Waals surface area (Å²) in [6.45, 7) is 4.46. The normalized spacial score (nSPS) is 20.5. The van der Waals surface area contributed by atoms with Gasteiger partial charge in [0.25, 0.3) is 5.56 Å². The predicted octanol–water partition coefficient (Wildman–Crippen LogP) is 2.22. The number of carbonyl (C=O) groups excluding carboxylic acids is 1. The van der Waals surface area contributed by atoms with Gasteiger partial charge < -0.3 is 18.7 Å². The number of esters is 1. The Bertz CT molecular complexity index is 1170. The zero-order valence-corrected chi connectivity index (χ0v) is 21.2. The smallest absolute Gasteiger partial charge is 0.459 e. The lowest BCUT2D eigenvalue weighted by Gasteiger charge is -2.23. The van der Waals surface area contributed by atoms with Crippen molar-refractivity contribution in [3.8, 4) is 5.75 Å². The number of aromatic nitrogens is 2. The van der Waals surface area contributed by atoms with Crippen LogP contribution >= 0.6 is 23.7 Å². The predicted molar refractivity (Wildman–Crippen MR) is 123 cm³/mol. The van der Waals surface area contributed by atoms with Crippen LogP contribution in [0.2, 0.25) is 0 Å². The molecule has 14 heteroatoms. The van der Waals surface area contributed by atoms with E-state index >= 15 is 0 Å². The SMILES string of the molecule is CCOC(=O)[C@H](C)NP(=O)(OC[C@@H]1OC[C@H](n2cc(C)c(=O)[nH]c2=O)O1)Oc1ccc(Br)cc1. The first kappa shape index (κ1) is 26.3. The van der Waals surface area contributed by atoms with Crippen LogP contribution in [0.3, 0.4) is 0 Å². The number of ether oxygens (including phenoxy) is 3. The van der Waals surface area contributed by atoms with Crippen molar-refractivity contribution >= 4 is 29.6 Å². The lowest BCUT2D eigenvalue weighted by Crippen LogP contribution is -2.36. The number of rotatable bonds is 10. The highest BCUT2D eigenvalue weighted by Gasteiger charge is 2.36. The number of H-pyrrole nitrogens is 1. The molecular weight excluding hydrogens is 537 g/mol. The van der Waals surface area contributed by atoms with E-state index in [-0.39, 0.29) is 25.6 Å². The number of nitrogens with one attached hydrogen (secondary N) is 2. The summed E-state index contributed by atoms with van der Waals surface area (Å²) in [5, 5.41) is 2.55. The van der Waals surface area contributed by atoms with Gasteiger partial charge in [-0.2, -0.15) is 5.09 Å². The van der Waals surface area contributed by atoms with Gasteiger partial charge >= 0.3 is 19.4 Å². The molecule has 0 bridgehead atoms. The van der Waals surface area contributed by atoms with Crippen LogP contribution in [0.1, 0.15) is 25.6 Å². The second-order valence-electron chi connectivity index (χ2n) is 7.27. The Kier molecular flexibility index (Phi) is 8.85. The molecule has 0 radical (unpaired) electrons. The molecule has 34 heavy (non-hydrogen) atoms. The monoisotopic (exact) mass is 561 g/mol. The minimum Gasteiger partial charge on any atom is -0.465 e. The highest BCUT2D eigenvalue weighted by atomic mass is 79.9. The molecule has 0 spiro atoms. The summed E-state index contributed by atoms with van der Waals surface area (Å²) in [6, 6.07) is 5.51. The topological polar surface area (TPSA) is 147 Å². The maximum atomic E-state index is 13.5. The van der Waals surface area contributed by atoms with Gasteiger partial charge in [0.05, 0.1) is 13.2 Å². The van der Waals surface area contributed by atoms with E-state index < -0.39 is 43.5 Å². The van der Waals surface area contributed by atoms with Gasteiger partial charge in [0, 0.05) is 16.2 Å². The number of hydrogen-bond acceptors (Lipinski definition) is 9. The van der Waals surface area contributed by atoms with Crippen molar-refractivity contribution in [1.82, 2.24) is 14.6 Å². The molecule has 1 aliphatic heterocycles. The Morgan fingerprint density at radius 1 is 1.35 bits per heavy atom. The minimum absolute atomic E-state index is 0.00997. The summed E-state index contributed by atoms with van der Waals surface area (Å²) >= 11 is 3.31. The van der Waals surface area contributed by atoms with Crippen molar-refractivity contribution in [3.63, 3.8) is 0 Å². The van der Waals surface area contributed by atoms with Gasteiger partial charge in [-0.3, -0.25) is 23.7 Å². The van der Waals surface area contributed by atoms with Gasteiger partial charge in [-0.15, -0.1) is 0 Å². The van der Waals surface area contributed by atoms with Crippen molar-refractivity contribution in [2.75, 3.05) is 19.8 Å². The Hall–Kier alpha value is -2.28. The molecular formula is C20H25BrN3O9P. The van der Waals surface area contributed by atoms with Crippen LogP contribution in [-0.4, -0.2) is 47.7 Å². The molecule has 2 heterocycles. The summed E-state index contributed by atoms with van der Waals surface area (Å²) in [4.78, 5) is 37.9. The molecule has 1 aliphatic rings. The average molecular weight is 562 g/mol. The summed E-state index contributed by atoms with van der Waals surface area (Å²) in [5.41, 5.74) is -0.819. The molecule has 186 valence electrons. The molecule has 0 amide bonds. The van der Waals surface area contributed by atoms with E-state index in [2.05, 4.69) is 26.0 Å². The third-order valence-corrected chi connectivity index (χ3v) is 6.77. The van der Waals surface area contributed by atoms with Gasteiger partial charge in [0.15, 0.2) is 12.5 Å². The summed E-state index contributed by atoms with van der Waals surface area (Å²) < 4.78 is 42.6. The minimum atomic E-state index is -4.10. The van der Waals surface area contributed by atoms with Crippen LogP contribution in [-0.2, 0) is 28.1 Å². The highest BCUT2D eigenvalue weighted by Crippen LogP contribution is 2.45. The summed E-state index contributed by atoms with van der Waals surface area (Å²) in [6.07, 6.45) is -0.455. The number of benzene rings is 1. The molecule has 2 N–H and O–H groups in total. The van der Waals surface area contributed by atoms with Crippen molar-refractivity contribution in [3.05, 3.63) is 61.3 Å². The molecule has 0 aliphatic carbocycles. The second kappa shape index (κ2) is 11.4. The van der Waals surface area contributed by atoms with Crippen LogP contribution in [0.4, 0.5) is 0 Å². The number of hydrogen-bond donors (Lipinski definition) is 2. The quantitative estimate of drug-likeness (QED) is 0.326. The first-order valence-electron chi connectivity index (χ1n) is 10.3. The van der Waals surface area contributed by atoms with Crippen LogP contribution < -0.4 is 20.9 Å². The fourth-order valence-corrected chi connectivity index (χ4v) is 4.66. The Morgan fingerprint density at radius 2 is 2.06 bits per heavy atom. The van der Waals surface area contributed by atoms with Crippen LogP contribution in [0.5, 0.6) is 5.75 Å². The van der Waals surface area contributed by atoms with E-state index in [9.17, 15) is 18.9 Å². The Morgan fingerprint density at radius 3 is 2.74 bits per heavy atom. The van der Waals surface area contributed by atoms with Crippen LogP contribution in [0.25, 0.3) is 0 Å². The van der Waals surface area contributed by atoms with Gasteiger partial charge in [-0.05, 0) is 45.0 Å². The third kappa shape index (κ3) is 6.87. The first-order chi connectivity index (χ1) is 16.1. The highest BCUT2D eigenvalue weighted by molar-refractivity contribution is 9.10. The molecule has 1 aromatic heterocycles. The molecule has 1 fully saturated rings. The average Bonchev–Trinajstić information content (AvgIpc) is 3.25. The maximum Gasteiger partial charge on any atom is 0.459 e. The van der Waals surface area contributed by atoms with Gasteiger partial charge in [0.1, 0.15) is 18.4 Å². The standard InChI is InChI=1S/C20H25BrN3O9P/c1-4-29-19(26)13(3)23-34(28,33-15-7-5-14(21)6-8-15)31-11-17-30-10-16(32-17)24-9-12(2)18(25)22-20(24)27/h5-9,13,16-17H,4,10-11H2,1-3H3,(H,23,28)(H,22,25,27)/t13-,16+,17+,34?/m0/s1. The lowest BCUT2D eigenvalue weighted by molar-refractivity contribution is -0.144. The second-order valence-corrected chi connectivity index (χ2v) is 9.88. The van der Waals surface area contributed by atoms with E-state index in [1.807, 2.05) is 0 Å². The molecule has 2 aromatic rings. The maximum absolute atomic E-state index is 13.5. The number of carbonyl (C=O) groups is 1. The van der Waals surface area contributed by atoms with E-state index in [0.717, 1.165) is 4.47 Å². The molecule has 3 rings (SSSR count). The third-order valence-electron chi connectivity index (χ3n) is 4.60. The van der Waals surface area contributed by atoms with Gasteiger partial charge in [0.2, 0.25) is 0 Å². The lowest BCUT2D eigenvalue weighted by atomic mass is 10.3. The van der Waals surface area contributed by atoms with E-state index in [4.69, 9.17) is 23.3 Å². The number of halogens is 1. The van der Waals surface area contributed by atoms with Crippen LogP contribution in [0.15, 0.2) is 44.5 Å². The molecule has 0 saturated carbocycles. The molecule has 1 unspecified atom stereocenters. The van der Waals surface area contributed by atoms with Crippen molar-refractivity contribution in [2.45, 2.75) is 39.3 Å². The van der Waals surface area contributed by atoms with Crippen molar-refractivity contribution < 1.29 is 32.6 Å². The Balaban J connectivity index is 1.70. The van der Waals surface area contributed by atoms with Crippen molar-refractivity contribution in [1.29, 1.82) is 0 Å². The largest absolute Gasteiger partial charge is 0.465 e. The van der Waals surface area contributed by atoms with E-state index in [1.165, 1.54) is 17.7 Å². The van der Waals surface area contributed by atoms with Crippen LogP contribution in [0, 0.1) is 6.92 Å².